The SMILES string of the molecule is CC(C)CC(NC(=O)OC(C)(C)C)/C(N)=N/OCC(=O)NC1CCCc2ccccc21. The van der Waals surface area contributed by atoms with E-state index in [1.807, 2.05) is 26.0 Å². The number of nitrogens with two attached hydrogens (primary N) is 1. The molecule has 0 aliphatic heterocycles. The van der Waals surface area contributed by atoms with Crippen molar-refractivity contribution in [2.45, 2.75) is 78.0 Å². The molecule has 0 heterocycles. The highest BCUT2D eigenvalue weighted by atomic mass is 16.6. The lowest BCUT2D eigenvalue weighted by Crippen LogP contribution is -2.47. The van der Waals surface area contributed by atoms with Crippen LogP contribution in [0.5, 0.6) is 0 Å². The Morgan fingerprint density at radius 1 is 1.26 bits per heavy atom. The Balaban J connectivity index is 1.90. The first kappa shape index (κ1) is 24.5. The quantitative estimate of drug-likeness (QED) is 0.331. The molecule has 0 radical (unpaired) electrons. The largest absolute Gasteiger partial charge is 0.444 e. The maximum Gasteiger partial charge on any atom is 0.408 e. The zero-order valence-corrected chi connectivity index (χ0v) is 19.2. The van der Waals surface area contributed by atoms with Crippen LogP contribution in [0.3, 0.4) is 0 Å². The first-order valence-electron chi connectivity index (χ1n) is 10.9. The van der Waals surface area contributed by atoms with Crippen molar-refractivity contribution in [1.82, 2.24) is 10.6 Å². The highest BCUT2D eigenvalue weighted by molar-refractivity contribution is 5.88. The number of ether oxygens (including phenoxy) is 1. The van der Waals surface area contributed by atoms with E-state index in [2.05, 4.69) is 27.9 Å². The Bertz CT molecular complexity index is 786. The number of hydrogen-bond donors (Lipinski definition) is 3. The third kappa shape index (κ3) is 8.47. The Morgan fingerprint density at radius 3 is 2.65 bits per heavy atom. The fraction of sp³-hybridized carbons (Fsp3) is 0.609. The Labute approximate surface area is 184 Å². The van der Waals surface area contributed by atoms with Gasteiger partial charge in [0.15, 0.2) is 12.4 Å². The molecule has 0 spiro atoms. The summed E-state index contributed by atoms with van der Waals surface area (Å²) < 4.78 is 5.29. The van der Waals surface area contributed by atoms with Gasteiger partial charge in [0.2, 0.25) is 0 Å². The Hall–Kier alpha value is -2.77. The zero-order chi connectivity index (χ0) is 23.0. The molecule has 1 aromatic carbocycles. The molecule has 4 N–H and O–H groups in total. The van der Waals surface area contributed by atoms with E-state index in [9.17, 15) is 9.59 Å². The summed E-state index contributed by atoms with van der Waals surface area (Å²) in [6.45, 7) is 9.12. The first-order chi connectivity index (χ1) is 14.5. The zero-order valence-electron chi connectivity index (χ0n) is 19.2. The van der Waals surface area contributed by atoms with E-state index in [0.717, 1.165) is 24.8 Å². The van der Waals surface area contributed by atoms with Crippen molar-refractivity contribution in [3.63, 3.8) is 0 Å². The molecule has 8 nitrogen and oxygen atoms in total. The van der Waals surface area contributed by atoms with Crippen molar-refractivity contribution in [2.75, 3.05) is 6.61 Å². The number of carbonyl (C=O) groups is 2. The van der Waals surface area contributed by atoms with Crippen molar-refractivity contribution in [3.05, 3.63) is 35.4 Å². The number of oxime groups is 1. The van der Waals surface area contributed by atoms with Crippen LogP contribution in [0.1, 0.15) is 71.0 Å². The fourth-order valence-electron chi connectivity index (χ4n) is 3.54. The van der Waals surface area contributed by atoms with Crippen molar-refractivity contribution in [3.8, 4) is 0 Å². The van der Waals surface area contributed by atoms with Gasteiger partial charge in [0.05, 0.1) is 12.1 Å². The van der Waals surface area contributed by atoms with Gasteiger partial charge in [0.1, 0.15) is 5.60 Å². The topological polar surface area (TPSA) is 115 Å². The molecule has 2 amide bonds. The van der Waals surface area contributed by atoms with Crippen molar-refractivity contribution in [1.29, 1.82) is 0 Å². The van der Waals surface area contributed by atoms with Crippen LogP contribution in [0.2, 0.25) is 0 Å². The van der Waals surface area contributed by atoms with Crippen LogP contribution < -0.4 is 16.4 Å². The second-order valence-electron chi connectivity index (χ2n) is 9.33. The van der Waals surface area contributed by atoms with E-state index in [1.54, 1.807) is 20.8 Å². The second-order valence-corrected chi connectivity index (χ2v) is 9.33. The normalized spacial score (nSPS) is 17.5. The van der Waals surface area contributed by atoms with E-state index in [0.29, 0.717) is 6.42 Å². The van der Waals surface area contributed by atoms with Crippen LogP contribution in [0, 0.1) is 5.92 Å². The summed E-state index contributed by atoms with van der Waals surface area (Å²) in [6, 6.07) is 7.57. The molecule has 172 valence electrons. The molecular formula is C23H36N4O4. The highest BCUT2D eigenvalue weighted by Gasteiger charge is 2.24. The minimum Gasteiger partial charge on any atom is -0.444 e. The van der Waals surface area contributed by atoms with E-state index < -0.39 is 17.7 Å². The highest BCUT2D eigenvalue weighted by Crippen LogP contribution is 2.29. The number of carbonyl (C=O) groups excluding carboxylic acids is 2. The summed E-state index contributed by atoms with van der Waals surface area (Å²) in [4.78, 5) is 29.6. The number of amidine groups is 1. The van der Waals surface area contributed by atoms with E-state index in [1.165, 1.54) is 5.56 Å². The molecule has 1 aromatic rings. The average molecular weight is 433 g/mol. The lowest BCUT2D eigenvalue weighted by Gasteiger charge is -2.26. The molecule has 2 atom stereocenters. The third-order valence-corrected chi connectivity index (χ3v) is 4.83. The average Bonchev–Trinajstić information content (AvgIpc) is 2.66. The summed E-state index contributed by atoms with van der Waals surface area (Å²) >= 11 is 0. The van der Waals surface area contributed by atoms with Gasteiger partial charge < -0.3 is 25.9 Å². The monoisotopic (exact) mass is 432 g/mol. The van der Waals surface area contributed by atoms with Gasteiger partial charge in [-0.3, -0.25) is 4.79 Å². The summed E-state index contributed by atoms with van der Waals surface area (Å²) in [5.74, 6) is 0.0810. The standard InChI is InChI=1S/C23H36N4O4/c1-15(2)13-19(26-22(29)31-23(3,4)5)21(24)27-30-14-20(28)25-18-12-8-10-16-9-6-7-11-17(16)18/h6-7,9,11,15,18-19H,8,10,12-14H2,1-5H3,(H2,24,27)(H,25,28)(H,26,29). The molecular weight excluding hydrogens is 396 g/mol. The maximum atomic E-state index is 12.3. The predicted molar refractivity (Wildman–Crippen MR) is 120 cm³/mol. The van der Waals surface area contributed by atoms with Crippen LogP contribution >= 0.6 is 0 Å². The van der Waals surface area contributed by atoms with Crippen LogP contribution in [0.25, 0.3) is 0 Å². The van der Waals surface area contributed by atoms with Gasteiger partial charge in [-0.1, -0.05) is 43.3 Å². The molecule has 31 heavy (non-hydrogen) atoms. The van der Waals surface area contributed by atoms with Gasteiger partial charge in [-0.05, 0) is 63.5 Å². The number of amides is 2. The summed E-state index contributed by atoms with van der Waals surface area (Å²) in [5.41, 5.74) is 7.84. The summed E-state index contributed by atoms with van der Waals surface area (Å²) in [6.07, 6.45) is 2.93. The van der Waals surface area contributed by atoms with Crippen molar-refractivity contribution >= 4 is 17.8 Å². The number of benzene rings is 1. The number of alkyl carbamates (subject to hydrolysis) is 1. The molecule has 2 rings (SSSR count). The van der Waals surface area contributed by atoms with E-state index in [-0.39, 0.29) is 30.3 Å². The number of aryl methyl sites for hydroxylation is 1. The Kier molecular flexibility index (Phi) is 8.71. The molecule has 1 aliphatic carbocycles. The van der Waals surface area contributed by atoms with Gasteiger partial charge in [-0.15, -0.1) is 0 Å². The van der Waals surface area contributed by atoms with E-state index in [4.69, 9.17) is 15.3 Å². The van der Waals surface area contributed by atoms with Crippen LogP contribution in [0.15, 0.2) is 29.4 Å². The van der Waals surface area contributed by atoms with Gasteiger partial charge in [0, 0.05) is 0 Å². The summed E-state index contributed by atoms with van der Waals surface area (Å²) in [5, 5.41) is 9.59. The minimum absolute atomic E-state index is 0.0232. The van der Waals surface area contributed by atoms with Gasteiger partial charge in [-0.25, -0.2) is 4.79 Å². The second kappa shape index (κ2) is 11.0. The van der Waals surface area contributed by atoms with Gasteiger partial charge in [-0.2, -0.15) is 0 Å². The minimum atomic E-state index is -0.620. The van der Waals surface area contributed by atoms with Crippen molar-refractivity contribution < 1.29 is 19.2 Å². The lowest BCUT2D eigenvalue weighted by molar-refractivity contribution is -0.126. The van der Waals surface area contributed by atoms with Gasteiger partial charge in [0.25, 0.3) is 5.91 Å². The molecule has 0 aromatic heterocycles. The number of fused-ring (bicyclic) bond motifs is 1. The molecule has 0 fully saturated rings. The number of nitrogens with zero attached hydrogens (tertiary/aromatic N) is 1. The Morgan fingerprint density at radius 2 is 1.97 bits per heavy atom. The fourth-order valence-corrected chi connectivity index (χ4v) is 3.54. The number of nitrogens with one attached hydrogen (secondary N) is 2. The maximum absolute atomic E-state index is 12.3. The molecule has 0 bridgehead atoms. The molecule has 2 unspecified atom stereocenters. The van der Waals surface area contributed by atoms with Gasteiger partial charge >= 0.3 is 6.09 Å². The predicted octanol–water partition coefficient (Wildman–Crippen LogP) is 3.41. The van der Waals surface area contributed by atoms with Crippen LogP contribution in [-0.4, -0.2) is 36.1 Å². The molecule has 0 saturated heterocycles. The molecule has 1 aliphatic rings. The summed E-state index contributed by atoms with van der Waals surface area (Å²) in [7, 11) is 0. The van der Waals surface area contributed by atoms with Crippen molar-refractivity contribution in [2.24, 2.45) is 16.8 Å². The first-order valence-corrected chi connectivity index (χ1v) is 10.9. The van der Waals surface area contributed by atoms with Crippen LogP contribution in [-0.2, 0) is 20.8 Å². The third-order valence-electron chi connectivity index (χ3n) is 4.83. The number of rotatable bonds is 8. The smallest absolute Gasteiger partial charge is 0.408 e. The molecule has 0 saturated carbocycles. The lowest BCUT2D eigenvalue weighted by atomic mass is 9.88. The van der Waals surface area contributed by atoms with Crippen LogP contribution in [0.4, 0.5) is 4.79 Å². The van der Waals surface area contributed by atoms with E-state index >= 15 is 0 Å². The molecule has 8 heteroatoms. The number of hydrogen-bond acceptors (Lipinski definition) is 5.